The minimum absolute atomic E-state index is 0.224. The third-order valence-corrected chi connectivity index (χ3v) is 7.23. The number of hydrogen-bond donors (Lipinski definition) is 1. The molecule has 7 heteroatoms. The van der Waals surface area contributed by atoms with Crippen molar-refractivity contribution in [2.24, 2.45) is 0 Å². The Labute approximate surface area is 151 Å². The van der Waals surface area contributed by atoms with E-state index in [0.29, 0.717) is 15.1 Å². The van der Waals surface area contributed by atoms with Gasteiger partial charge in [-0.05, 0) is 72.5 Å². The van der Waals surface area contributed by atoms with E-state index in [0.717, 1.165) is 19.7 Å². The molecule has 1 unspecified atom stereocenters. The van der Waals surface area contributed by atoms with Gasteiger partial charge in [-0.1, -0.05) is 18.5 Å². The van der Waals surface area contributed by atoms with Crippen LogP contribution in [-0.4, -0.2) is 6.54 Å². The Bertz CT molecular complexity index is 613. The molecule has 1 heterocycles. The van der Waals surface area contributed by atoms with Gasteiger partial charge in [0.2, 0.25) is 0 Å². The minimum Gasteiger partial charge on any atom is -0.306 e. The van der Waals surface area contributed by atoms with Gasteiger partial charge in [-0.15, -0.1) is 11.3 Å². The zero-order valence-electron chi connectivity index (χ0n) is 10.3. The van der Waals surface area contributed by atoms with Gasteiger partial charge in [0.25, 0.3) is 0 Å². The normalized spacial score (nSPS) is 12.7. The molecule has 1 aromatic carbocycles. The highest BCUT2D eigenvalue weighted by atomic mass is 79.9. The Morgan fingerprint density at radius 2 is 1.95 bits per heavy atom. The van der Waals surface area contributed by atoms with Crippen LogP contribution in [0, 0.1) is 5.82 Å². The van der Waals surface area contributed by atoms with E-state index >= 15 is 0 Å². The van der Waals surface area contributed by atoms with Crippen LogP contribution in [0.3, 0.4) is 0 Å². The van der Waals surface area contributed by atoms with Crippen LogP contribution < -0.4 is 5.32 Å². The Balaban J connectivity index is 2.50. The van der Waals surface area contributed by atoms with E-state index in [1.165, 1.54) is 6.07 Å². The number of hydrogen-bond acceptors (Lipinski definition) is 2. The van der Waals surface area contributed by atoms with Crippen molar-refractivity contribution in [3.05, 3.63) is 52.2 Å². The fraction of sp³-hybridized carbons (Fsp3) is 0.231. The molecule has 1 aromatic heterocycles. The minimum atomic E-state index is -0.284. The maximum Gasteiger partial charge on any atom is 0.129 e. The zero-order chi connectivity index (χ0) is 14.9. The molecule has 108 valence electrons. The summed E-state index contributed by atoms with van der Waals surface area (Å²) in [6.07, 6.45) is 0. The van der Waals surface area contributed by atoms with E-state index in [9.17, 15) is 4.39 Å². The fourth-order valence-electron chi connectivity index (χ4n) is 1.83. The Morgan fingerprint density at radius 1 is 1.25 bits per heavy atom. The summed E-state index contributed by atoms with van der Waals surface area (Å²) in [7, 11) is 0. The summed E-state index contributed by atoms with van der Waals surface area (Å²) in [5, 5.41) is 3.80. The average Bonchev–Trinajstić information content (AvgIpc) is 2.71. The van der Waals surface area contributed by atoms with Crippen molar-refractivity contribution in [2.45, 2.75) is 13.0 Å². The molecule has 1 atom stereocenters. The molecular weight excluding hydrogens is 496 g/mol. The number of thiophene rings is 1. The van der Waals surface area contributed by atoms with Crippen LogP contribution in [0.4, 0.5) is 4.39 Å². The van der Waals surface area contributed by atoms with Crippen molar-refractivity contribution in [1.29, 1.82) is 0 Å². The number of rotatable bonds is 4. The highest BCUT2D eigenvalue weighted by Gasteiger charge is 2.21. The molecular formula is C13H10Br3ClFNS. The molecule has 2 rings (SSSR count). The van der Waals surface area contributed by atoms with Crippen LogP contribution in [0.2, 0.25) is 5.02 Å². The quantitative estimate of drug-likeness (QED) is 0.466. The van der Waals surface area contributed by atoms with Gasteiger partial charge in [0.15, 0.2) is 0 Å². The number of halogens is 5. The molecule has 0 aliphatic heterocycles. The van der Waals surface area contributed by atoms with Gasteiger partial charge >= 0.3 is 0 Å². The maximum atomic E-state index is 14.2. The Hall–Kier alpha value is 0.540. The van der Waals surface area contributed by atoms with Crippen LogP contribution in [-0.2, 0) is 0 Å². The van der Waals surface area contributed by atoms with Gasteiger partial charge in [0.05, 0.1) is 14.9 Å². The molecule has 0 spiro atoms. The van der Waals surface area contributed by atoms with Gasteiger partial charge in [-0.2, -0.15) is 0 Å². The Kier molecular flexibility index (Phi) is 6.09. The van der Waals surface area contributed by atoms with Crippen LogP contribution in [0.15, 0.2) is 30.9 Å². The smallest absolute Gasteiger partial charge is 0.129 e. The third kappa shape index (κ3) is 3.65. The second kappa shape index (κ2) is 7.20. The first-order valence-electron chi connectivity index (χ1n) is 5.76. The van der Waals surface area contributed by atoms with Gasteiger partial charge in [-0.3, -0.25) is 0 Å². The molecule has 0 saturated heterocycles. The lowest BCUT2D eigenvalue weighted by Crippen LogP contribution is -2.22. The lowest BCUT2D eigenvalue weighted by molar-refractivity contribution is 0.562. The molecule has 1 N–H and O–H groups in total. The monoisotopic (exact) mass is 503 g/mol. The fourth-order valence-corrected chi connectivity index (χ4v) is 4.50. The zero-order valence-corrected chi connectivity index (χ0v) is 16.6. The Morgan fingerprint density at radius 3 is 2.50 bits per heavy atom. The molecule has 0 aliphatic rings. The standard InChI is InChI=1S/C13H10Br3ClFNS/c1-2-19-12(11-5-8(15)13(16)20-11)6-3-9(17)7(14)4-10(6)18/h3-5,12,19H,2H2,1H3. The molecule has 2 aromatic rings. The first kappa shape index (κ1) is 16.9. The van der Waals surface area contributed by atoms with Crippen LogP contribution in [0.1, 0.15) is 23.4 Å². The van der Waals surface area contributed by atoms with Crippen LogP contribution >= 0.6 is 70.7 Å². The summed E-state index contributed by atoms with van der Waals surface area (Å²) >= 11 is 17.8. The molecule has 0 aliphatic carbocycles. The maximum absolute atomic E-state index is 14.2. The van der Waals surface area contributed by atoms with Gasteiger partial charge in [-0.25, -0.2) is 4.39 Å². The van der Waals surface area contributed by atoms with E-state index < -0.39 is 0 Å². The molecule has 0 amide bonds. The van der Waals surface area contributed by atoms with Crippen molar-refractivity contribution in [3.8, 4) is 0 Å². The number of benzene rings is 1. The second-order valence-corrected chi connectivity index (χ2v) is 8.57. The van der Waals surface area contributed by atoms with E-state index in [4.69, 9.17) is 11.6 Å². The van der Waals surface area contributed by atoms with E-state index in [1.807, 2.05) is 13.0 Å². The molecule has 0 fully saturated rings. The second-order valence-electron chi connectivity index (χ2n) is 4.05. The van der Waals surface area contributed by atoms with Crippen molar-refractivity contribution in [2.75, 3.05) is 6.54 Å². The van der Waals surface area contributed by atoms with Gasteiger partial charge in [0.1, 0.15) is 5.82 Å². The summed E-state index contributed by atoms with van der Waals surface area (Å²) in [5.41, 5.74) is 0.543. The summed E-state index contributed by atoms with van der Waals surface area (Å²) in [6, 6.07) is 4.82. The van der Waals surface area contributed by atoms with Crippen molar-refractivity contribution in [3.63, 3.8) is 0 Å². The van der Waals surface area contributed by atoms with Crippen LogP contribution in [0.5, 0.6) is 0 Å². The highest BCUT2D eigenvalue weighted by Crippen LogP contribution is 2.39. The predicted molar refractivity (Wildman–Crippen MR) is 94.3 cm³/mol. The summed E-state index contributed by atoms with van der Waals surface area (Å²) in [6.45, 7) is 2.72. The molecule has 20 heavy (non-hydrogen) atoms. The molecule has 0 bridgehead atoms. The van der Waals surface area contributed by atoms with E-state index in [1.54, 1.807) is 17.4 Å². The SMILES string of the molecule is CCNC(c1cc(Br)c(Br)s1)c1cc(Cl)c(Br)cc1F. The lowest BCUT2D eigenvalue weighted by atomic mass is 10.0. The molecule has 1 nitrogen and oxygen atoms in total. The third-order valence-electron chi connectivity index (χ3n) is 2.71. The van der Waals surface area contributed by atoms with E-state index in [-0.39, 0.29) is 11.9 Å². The van der Waals surface area contributed by atoms with E-state index in [2.05, 4.69) is 53.1 Å². The van der Waals surface area contributed by atoms with Crippen molar-refractivity contribution < 1.29 is 4.39 Å². The summed E-state index contributed by atoms with van der Waals surface area (Å²) in [5.74, 6) is -0.284. The first-order valence-corrected chi connectivity index (χ1v) is 9.34. The average molecular weight is 506 g/mol. The first-order chi connectivity index (χ1) is 9.43. The molecule has 0 saturated carbocycles. The summed E-state index contributed by atoms with van der Waals surface area (Å²) < 4.78 is 16.8. The lowest BCUT2D eigenvalue weighted by Gasteiger charge is -2.18. The van der Waals surface area contributed by atoms with Gasteiger partial charge < -0.3 is 5.32 Å². The molecule has 0 radical (unpaired) electrons. The van der Waals surface area contributed by atoms with Gasteiger partial charge in [0, 0.05) is 19.4 Å². The largest absolute Gasteiger partial charge is 0.306 e. The number of nitrogens with one attached hydrogen (secondary N) is 1. The van der Waals surface area contributed by atoms with Crippen LogP contribution in [0.25, 0.3) is 0 Å². The van der Waals surface area contributed by atoms with Crippen molar-refractivity contribution in [1.82, 2.24) is 5.32 Å². The summed E-state index contributed by atoms with van der Waals surface area (Å²) in [4.78, 5) is 1.02. The van der Waals surface area contributed by atoms with Crippen molar-refractivity contribution >= 4 is 70.7 Å². The topological polar surface area (TPSA) is 12.0 Å². The highest BCUT2D eigenvalue weighted by molar-refractivity contribution is 9.13. The predicted octanol–water partition coefficient (Wildman–Crippen LogP) is 6.53.